The molecular formula is C28H32N4O4S2. The molecule has 2 aromatic heterocycles. The molecule has 0 saturated carbocycles. The van der Waals surface area contributed by atoms with E-state index < -0.39 is 18.2 Å². The summed E-state index contributed by atoms with van der Waals surface area (Å²) in [5, 5.41) is 15.1. The van der Waals surface area contributed by atoms with Crippen LogP contribution in [0.3, 0.4) is 0 Å². The maximum absolute atomic E-state index is 13.6. The molecule has 4 rings (SSSR count). The van der Waals surface area contributed by atoms with Crippen LogP contribution in [0.5, 0.6) is 0 Å². The second-order valence-electron chi connectivity index (χ2n) is 9.57. The highest BCUT2D eigenvalue weighted by Crippen LogP contribution is 2.24. The molecule has 200 valence electrons. The lowest BCUT2D eigenvalue weighted by atomic mass is 10.00. The third-order valence-electron chi connectivity index (χ3n) is 5.92. The standard InChI is InChI=1S/C28H32N4O4S2/c1-18(2)14-32(27(34)21-9-10-23-26(12-21)38-19(3)30-23)15-25(33)24(11-20-7-5-4-6-8-20)31-28(35)36-16-22-13-29-17-37-22/h4-10,12-13,17-18,24-25,33H,11,14-16H2,1-3H3,(H,31,35)/t24-,25+/m0/s1. The summed E-state index contributed by atoms with van der Waals surface area (Å²) in [5.74, 6) is 0.0161. The smallest absolute Gasteiger partial charge is 0.407 e. The molecule has 0 fully saturated rings. The first-order chi connectivity index (χ1) is 18.3. The Morgan fingerprint density at radius 1 is 1.13 bits per heavy atom. The highest BCUT2D eigenvalue weighted by Gasteiger charge is 2.28. The van der Waals surface area contributed by atoms with Crippen LogP contribution < -0.4 is 5.32 Å². The molecule has 4 aromatic rings. The molecule has 38 heavy (non-hydrogen) atoms. The van der Waals surface area contributed by atoms with Crippen molar-refractivity contribution in [2.24, 2.45) is 5.92 Å². The molecule has 2 heterocycles. The van der Waals surface area contributed by atoms with Crippen molar-refractivity contribution in [3.63, 3.8) is 0 Å². The van der Waals surface area contributed by atoms with E-state index in [0.717, 1.165) is 25.7 Å². The quantitative estimate of drug-likeness (QED) is 0.270. The van der Waals surface area contributed by atoms with E-state index in [-0.39, 0.29) is 25.0 Å². The number of rotatable bonds is 11. The van der Waals surface area contributed by atoms with Crippen LogP contribution >= 0.6 is 22.7 Å². The monoisotopic (exact) mass is 552 g/mol. The first kappa shape index (κ1) is 27.7. The Bertz CT molecular complexity index is 1340. The van der Waals surface area contributed by atoms with Gasteiger partial charge in [-0.25, -0.2) is 9.78 Å². The maximum Gasteiger partial charge on any atom is 0.407 e. The van der Waals surface area contributed by atoms with E-state index in [4.69, 9.17) is 4.74 Å². The van der Waals surface area contributed by atoms with E-state index in [1.807, 2.05) is 63.2 Å². The molecule has 10 heteroatoms. The highest BCUT2D eigenvalue weighted by molar-refractivity contribution is 7.18. The van der Waals surface area contributed by atoms with E-state index in [0.29, 0.717) is 18.5 Å². The largest absolute Gasteiger partial charge is 0.444 e. The number of hydrogen-bond acceptors (Lipinski definition) is 8. The van der Waals surface area contributed by atoms with Crippen LogP contribution in [0.1, 0.15) is 39.7 Å². The van der Waals surface area contributed by atoms with Crippen molar-refractivity contribution in [3.05, 3.63) is 81.2 Å². The number of aliphatic hydroxyl groups is 1. The van der Waals surface area contributed by atoms with E-state index in [1.54, 1.807) is 34.0 Å². The molecule has 0 aliphatic heterocycles. The molecule has 8 nitrogen and oxygen atoms in total. The van der Waals surface area contributed by atoms with Crippen molar-refractivity contribution in [2.75, 3.05) is 13.1 Å². The predicted molar refractivity (Wildman–Crippen MR) is 150 cm³/mol. The molecule has 0 bridgehead atoms. The molecule has 0 radical (unpaired) electrons. The number of aromatic nitrogens is 2. The normalized spacial score (nSPS) is 12.9. The summed E-state index contributed by atoms with van der Waals surface area (Å²) >= 11 is 2.94. The Morgan fingerprint density at radius 3 is 2.63 bits per heavy atom. The van der Waals surface area contributed by atoms with Gasteiger partial charge in [-0.05, 0) is 43.0 Å². The first-order valence-corrected chi connectivity index (χ1v) is 14.2. The molecule has 0 saturated heterocycles. The summed E-state index contributed by atoms with van der Waals surface area (Å²) in [6, 6.07) is 14.4. The van der Waals surface area contributed by atoms with Gasteiger partial charge >= 0.3 is 6.09 Å². The van der Waals surface area contributed by atoms with Crippen molar-refractivity contribution in [1.82, 2.24) is 20.2 Å². The Morgan fingerprint density at radius 2 is 1.92 bits per heavy atom. The number of benzene rings is 2. The van der Waals surface area contributed by atoms with Crippen LogP contribution in [0, 0.1) is 12.8 Å². The van der Waals surface area contributed by atoms with E-state index in [1.165, 1.54) is 11.3 Å². The minimum atomic E-state index is -1.02. The molecule has 0 aliphatic carbocycles. The number of hydrogen-bond donors (Lipinski definition) is 2. The summed E-state index contributed by atoms with van der Waals surface area (Å²) in [6.07, 6.45) is 0.372. The molecule has 0 spiro atoms. The van der Waals surface area contributed by atoms with E-state index in [2.05, 4.69) is 15.3 Å². The summed E-state index contributed by atoms with van der Waals surface area (Å²) in [5.41, 5.74) is 4.04. The van der Waals surface area contributed by atoms with Crippen molar-refractivity contribution in [3.8, 4) is 0 Å². The minimum absolute atomic E-state index is 0.0589. The summed E-state index contributed by atoms with van der Waals surface area (Å²) in [4.78, 5) is 37.2. The molecule has 2 amide bonds. The number of alkyl carbamates (subject to hydrolysis) is 1. The summed E-state index contributed by atoms with van der Waals surface area (Å²) < 4.78 is 6.31. The fourth-order valence-electron chi connectivity index (χ4n) is 4.18. The van der Waals surface area contributed by atoms with E-state index >= 15 is 0 Å². The SMILES string of the molecule is Cc1nc2ccc(C(=O)N(CC(C)C)C[C@@H](O)[C@H](Cc3ccccc3)NC(=O)OCc3cncs3)cc2s1. The van der Waals surface area contributed by atoms with Gasteiger partial charge in [-0.2, -0.15) is 0 Å². The number of nitrogens with zero attached hydrogens (tertiary/aromatic N) is 3. The van der Waals surface area contributed by atoms with Gasteiger partial charge in [0.2, 0.25) is 0 Å². The van der Waals surface area contributed by atoms with Gasteiger partial charge in [0.1, 0.15) is 6.61 Å². The van der Waals surface area contributed by atoms with E-state index in [9.17, 15) is 14.7 Å². The van der Waals surface area contributed by atoms with Crippen LogP contribution in [0.2, 0.25) is 0 Å². The van der Waals surface area contributed by atoms with Gasteiger partial charge in [0, 0.05) is 24.8 Å². The zero-order chi connectivity index (χ0) is 27.1. The number of fused-ring (bicyclic) bond motifs is 1. The van der Waals surface area contributed by atoms with Gasteiger partial charge in [0.05, 0.1) is 37.8 Å². The van der Waals surface area contributed by atoms with Gasteiger partial charge in [0.15, 0.2) is 0 Å². The number of aryl methyl sites for hydroxylation is 1. The van der Waals surface area contributed by atoms with Crippen molar-refractivity contribution < 1.29 is 19.4 Å². The second kappa shape index (κ2) is 12.9. The average Bonchev–Trinajstić information content (AvgIpc) is 3.54. The topological polar surface area (TPSA) is 105 Å². The molecule has 0 aliphatic rings. The van der Waals surface area contributed by atoms with Gasteiger partial charge in [-0.1, -0.05) is 44.2 Å². The third-order valence-corrected chi connectivity index (χ3v) is 7.60. The number of carbonyl (C=O) groups is 2. The Balaban J connectivity index is 1.50. The third kappa shape index (κ3) is 7.59. The predicted octanol–water partition coefficient (Wildman–Crippen LogP) is 5.06. The first-order valence-electron chi connectivity index (χ1n) is 12.5. The van der Waals surface area contributed by atoms with Gasteiger partial charge in [-0.15, -0.1) is 22.7 Å². The van der Waals surface area contributed by atoms with Gasteiger partial charge in [0.25, 0.3) is 5.91 Å². The lowest BCUT2D eigenvalue weighted by Gasteiger charge is -2.31. The second-order valence-corrected chi connectivity index (χ2v) is 11.8. The fourth-order valence-corrected chi connectivity index (χ4v) is 5.56. The Kier molecular flexibility index (Phi) is 9.43. The highest BCUT2D eigenvalue weighted by atomic mass is 32.1. The number of ether oxygens (including phenoxy) is 1. The Labute approximate surface area is 230 Å². The van der Waals surface area contributed by atoms with Crippen LogP contribution in [0.15, 0.2) is 60.2 Å². The summed E-state index contributed by atoms with van der Waals surface area (Å²) in [7, 11) is 0. The minimum Gasteiger partial charge on any atom is -0.444 e. The number of thiazole rings is 2. The zero-order valence-corrected chi connectivity index (χ0v) is 23.3. The van der Waals surface area contributed by atoms with Crippen molar-refractivity contribution in [1.29, 1.82) is 0 Å². The van der Waals surface area contributed by atoms with Crippen LogP contribution in [0.25, 0.3) is 10.2 Å². The maximum atomic E-state index is 13.6. The van der Waals surface area contributed by atoms with Crippen LogP contribution in [-0.4, -0.2) is 57.2 Å². The van der Waals surface area contributed by atoms with Crippen molar-refractivity contribution >= 4 is 44.9 Å². The zero-order valence-electron chi connectivity index (χ0n) is 21.7. The Hall–Kier alpha value is -3.34. The fraction of sp³-hybridized carbons (Fsp3) is 0.357. The molecule has 2 aromatic carbocycles. The lowest BCUT2D eigenvalue weighted by molar-refractivity contribution is 0.0494. The van der Waals surface area contributed by atoms with Crippen LogP contribution in [-0.2, 0) is 17.8 Å². The molecule has 2 atom stereocenters. The number of amides is 2. The van der Waals surface area contributed by atoms with Crippen LogP contribution in [0.4, 0.5) is 4.79 Å². The number of nitrogens with one attached hydrogen (secondary N) is 1. The number of carbonyl (C=O) groups excluding carboxylic acids is 2. The van der Waals surface area contributed by atoms with Gasteiger partial charge in [-0.3, -0.25) is 9.78 Å². The number of aliphatic hydroxyl groups excluding tert-OH is 1. The lowest BCUT2D eigenvalue weighted by Crippen LogP contribution is -2.51. The molecular weight excluding hydrogens is 520 g/mol. The molecule has 0 unspecified atom stereocenters. The van der Waals surface area contributed by atoms with Crippen molar-refractivity contribution in [2.45, 2.75) is 45.9 Å². The summed E-state index contributed by atoms with van der Waals surface area (Å²) in [6.45, 7) is 6.61. The average molecular weight is 553 g/mol. The van der Waals surface area contributed by atoms with Gasteiger partial charge < -0.3 is 20.1 Å². The molecule has 2 N–H and O–H groups in total.